The molecule has 0 radical (unpaired) electrons. The molecule has 0 spiro atoms. The third-order valence-corrected chi connectivity index (χ3v) is 5.12. The van der Waals surface area contributed by atoms with Crippen LogP contribution in [-0.4, -0.2) is 28.9 Å². The first-order valence-electron chi connectivity index (χ1n) is 9.13. The summed E-state index contributed by atoms with van der Waals surface area (Å²) in [5.41, 5.74) is 0.960. The number of ether oxygens (including phenoxy) is 1. The Morgan fingerprint density at radius 1 is 1.07 bits per heavy atom. The molecule has 1 aromatic heterocycles. The predicted molar refractivity (Wildman–Crippen MR) is 113 cm³/mol. The van der Waals surface area contributed by atoms with Gasteiger partial charge in [0.05, 0.1) is 18.7 Å². The van der Waals surface area contributed by atoms with Crippen LogP contribution >= 0.6 is 11.6 Å². The molecule has 0 bridgehead atoms. The number of halogens is 1. The number of methoxy groups -OCH3 is 1. The summed E-state index contributed by atoms with van der Waals surface area (Å²) in [5, 5.41) is 11.6. The van der Waals surface area contributed by atoms with Gasteiger partial charge in [0.2, 0.25) is 0 Å². The van der Waals surface area contributed by atoms with E-state index in [0.717, 1.165) is 0 Å². The average Bonchev–Trinajstić information content (AvgIpc) is 3.05. The van der Waals surface area contributed by atoms with Crippen LogP contribution in [0.25, 0.3) is 5.76 Å². The number of hydrogen-bond donors (Lipinski definition) is 1. The van der Waals surface area contributed by atoms with Gasteiger partial charge in [-0.3, -0.25) is 14.5 Å². The zero-order chi connectivity index (χ0) is 21.3. The molecular weight excluding hydrogens is 404 g/mol. The highest BCUT2D eigenvalue weighted by molar-refractivity contribution is 6.51. The van der Waals surface area contributed by atoms with Crippen molar-refractivity contribution in [2.75, 3.05) is 12.0 Å². The van der Waals surface area contributed by atoms with Crippen LogP contribution in [0.4, 0.5) is 5.82 Å². The first kappa shape index (κ1) is 19.7. The maximum Gasteiger partial charge on any atom is 0.301 e. The predicted octanol–water partition coefficient (Wildman–Crippen LogP) is 4.37. The molecule has 2 heterocycles. The Hall–Kier alpha value is -3.64. The number of amides is 1. The number of aliphatic hydroxyl groups excluding tert-OH is 1. The first-order valence-corrected chi connectivity index (χ1v) is 9.51. The fourth-order valence-electron chi connectivity index (χ4n) is 3.45. The Morgan fingerprint density at radius 3 is 2.50 bits per heavy atom. The number of carbonyl (C=O) groups is 2. The molecule has 0 aliphatic carbocycles. The molecule has 0 unspecified atom stereocenters. The fourth-order valence-corrected chi connectivity index (χ4v) is 3.58. The van der Waals surface area contributed by atoms with Crippen molar-refractivity contribution in [3.8, 4) is 5.75 Å². The van der Waals surface area contributed by atoms with Crippen LogP contribution in [0.5, 0.6) is 5.75 Å². The number of nitrogens with zero attached hydrogens (tertiary/aromatic N) is 2. The van der Waals surface area contributed by atoms with Gasteiger partial charge in [0, 0.05) is 16.8 Å². The van der Waals surface area contributed by atoms with Gasteiger partial charge in [-0.25, -0.2) is 4.98 Å². The zero-order valence-corrected chi connectivity index (χ0v) is 16.7. The van der Waals surface area contributed by atoms with E-state index in [9.17, 15) is 14.7 Å². The van der Waals surface area contributed by atoms with Crippen LogP contribution < -0.4 is 9.64 Å². The lowest BCUT2D eigenvalue weighted by molar-refractivity contribution is -0.132. The van der Waals surface area contributed by atoms with Crippen LogP contribution in [0.2, 0.25) is 5.02 Å². The second-order valence-corrected chi connectivity index (χ2v) is 7.08. The summed E-state index contributed by atoms with van der Waals surface area (Å²) in [7, 11) is 1.51. The first-order chi connectivity index (χ1) is 14.5. The summed E-state index contributed by atoms with van der Waals surface area (Å²) in [5.74, 6) is -1.02. The lowest BCUT2D eigenvalue weighted by Crippen LogP contribution is -2.30. The Balaban J connectivity index is 1.94. The van der Waals surface area contributed by atoms with E-state index in [-0.39, 0.29) is 11.3 Å². The molecule has 1 fully saturated rings. The van der Waals surface area contributed by atoms with Gasteiger partial charge >= 0.3 is 5.91 Å². The monoisotopic (exact) mass is 420 g/mol. The molecule has 0 saturated carbocycles. The van der Waals surface area contributed by atoms with Gasteiger partial charge in [0.1, 0.15) is 17.3 Å². The van der Waals surface area contributed by atoms with Gasteiger partial charge in [-0.15, -0.1) is 0 Å². The summed E-state index contributed by atoms with van der Waals surface area (Å²) in [6, 6.07) is 17.6. The van der Waals surface area contributed by atoms with E-state index >= 15 is 0 Å². The van der Waals surface area contributed by atoms with Gasteiger partial charge < -0.3 is 9.84 Å². The maximum absolute atomic E-state index is 13.0. The minimum Gasteiger partial charge on any atom is -0.507 e. The van der Waals surface area contributed by atoms with E-state index in [2.05, 4.69) is 4.98 Å². The summed E-state index contributed by atoms with van der Waals surface area (Å²) in [4.78, 5) is 31.5. The number of rotatable bonds is 4. The van der Waals surface area contributed by atoms with E-state index in [1.807, 2.05) is 0 Å². The highest BCUT2D eigenvalue weighted by Gasteiger charge is 2.47. The second kappa shape index (κ2) is 8.00. The van der Waals surface area contributed by atoms with E-state index in [0.29, 0.717) is 27.7 Å². The topological polar surface area (TPSA) is 79.7 Å². The van der Waals surface area contributed by atoms with Gasteiger partial charge in [0.15, 0.2) is 0 Å². The molecule has 3 aromatic rings. The zero-order valence-electron chi connectivity index (χ0n) is 15.9. The van der Waals surface area contributed by atoms with Gasteiger partial charge in [-0.1, -0.05) is 41.9 Å². The fraction of sp³-hybridized carbons (Fsp3) is 0.0870. The van der Waals surface area contributed by atoms with Crippen LogP contribution in [0.3, 0.4) is 0 Å². The number of hydrogen-bond acceptors (Lipinski definition) is 5. The van der Waals surface area contributed by atoms with E-state index in [1.54, 1.807) is 66.7 Å². The van der Waals surface area contributed by atoms with Crippen LogP contribution in [0.1, 0.15) is 17.2 Å². The number of carbonyl (C=O) groups excluding carboxylic acids is 2. The third-order valence-electron chi connectivity index (χ3n) is 4.87. The highest BCUT2D eigenvalue weighted by Crippen LogP contribution is 2.41. The standard InChI is InChI=1S/C23H17ClN2O4/c1-30-17-6-4-5-15(13-17)21(27)19-20(14-8-10-16(24)11-9-14)26(23(29)22(19)28)18-7-2-3-12-25-18/h2-13,20,27H,1H3/t20-/m1/s1. The van der Waals surface area contributed by atoms with E-state index < -0.39 is 17.7 Å². The van der Waals surface area contributed by atoms with E-state index in [1.165, 1.54) is 18.2 Å². The Bertz CT molecular complexity index is 1140. The molecular formula is C23H17ClN2O4. The molecule has 6 nitrogen and oxygen atoms in total. The SMILES string of the molecule is COc1cccc(C(O)=C2C(=O)C(=O)N(c3ccccn3)[C@@H]2c2ccc(Cl)cc2)c1. The molecule has 1 N–H and O–H groups in total. The summed E-state index contributed by atoms with van der Waals surface area (Å²) >= 11 is 6.02. The van der Waals surface area contributed by atoms with Crippen LogP contribution in [0, 0.1) is 0 Å². The molecule has 1 saturated heterocycles. The van der Waals surface area contributed by atoms with Crippen LogP contribution in [-0.2, 0) is 9.59 Å². The summed E-state index contributed by atoms with van der Waals surface area (Å²) < 4.78 is 5.21. The molecule has 1 amide bonds. The van der Waals surface area contributed by atoms with Gasteiger partial charge in [0.25, 0.3) is 5.78 Å². The van der Waals surface area contributed by atoms with Crippen molar-refractivity contribution < 1.29 is 19.4 Å². The minimum atomic E-state index is -0.858. The lowest BCUT2D eigenvalue weighted by atomic mass is 9.95. The number of ketones is 1. The maximum atomic E-state index is 13.0. The molecule has 4 rings (SSSR count). The molecule has 7 heteroatoms. The summed E-state index contributed by atoms with van der Waals surface area (Å²) in [6.45, 7) is 0. The largest absolute Gasteiger partial charge is 0.507 e. The van der Waals surface area contributed by atoms with E-state index in [4.69, 9.17) is 16.3 Å². The van der Waals surface area contributed by atoms with Crippen molar-refractivity contribution in [1.29, 1.82) is 0 Å². The number of aromatic nitrogens is 1. The van der Waals surface area contributed by atoms with Crippen molar-refractivity contribution in [2.24, 2.45) is 0 Å². The Labute approximate surface area is 178 Å². The number of pyridine rings is 1. The molecule has 1 atom stereocenters. The van der Waals surface area contributed by atoms with Gasteiger partial charge in [-0.05, 0) is 42.0 Å². The normalized spacial score (nSPS) is 17.9. The molecule has 1 aliphatic heterocycles. The number of Topliss-reactive ketones (excluding diaryl/α,β-unsaturated/α-hetero) is 1. The van der Waals surface area contributed by atoms with Crippen molar-refractivity contribution in [3.63, 3.8) is 0 Å². The Kier molecular flexibility index (Phi) is 5.25. The quantitative estimate of drug-likeness (QED) is 0.385. The average molecular weight is 421 g/mol. The highest BCUT2D eigenvalue weighted by atomic mass is 35.5. The third kappa shape index (κ3) is 3.42. The van der Waals surface area contributed by atoms with Crippen molar-refractivity contribution >= 4 is 34.9 Å². The second-order valence-electron chi connectivity index (χ2n) is 6.64. The Morgan fingerprint density at radius 2 is 1.83 bits per heavy atom. The summed E-state index contributed by atoms with van der Waals surface area (Å²) in [6.07, 6.45) is 1.54. The molecule has 30 heavy (non-hydrogen) atoms. The number of aliphatic hydroxyl groups is 1. The van der Waals surface area contributed by atoms with Crippen LogP contribution in [0.15, 0.2) is 78.5 Å². The molecule has 1 aliphatic rings. The van der Waals surface area contributed by atoms with Crippen molar-refractivity contribution in [2.45, 2.75) is 6.04 Å². The lowest BCUT2D eigenvalue weighted by Gasteiger charge is -2.24. The smallest absolute Gasteiger partial charge is 0.301 e. The number of benzene rings is 2. The van der Waals surface area contributed by atoms with Crippen molar-refractivity contribution in [3.05, 3.63) is 94.6 Å². The number of anilines is 1. The molecule has 2 aromatic carbocycles. The van der Waals surface area contributed by atoms with Crippen molar-refractivity contribution in [1.82, 2.24) is 4.98 Å². The molecule has 150 valence electrons. The van der Waals surface area contributed by atoms with Gasteiger partial charge in [-0.2, -0.15) is 0 Å². The minimum absolute atomic E-state index is 0.0266.